The molecule has 24 heavy (non-hydrogen) atoms. The van der Waals surface area contributed by atoms with Gasteiger partial charge < -0.3 is 9.84 Å². The number of ether oxygens (including phenoxy) is 1. The van der Waals surface area contributed by atoms with E-state index in [9.17, 15) is 14.7 Å². The van der Waals surface area contributed by atoms with Gasteiger partial charge in [-0.2, -0.15) is 11.8 Å². The summed E-state index contributed by atoms with van der Waals surface area (Å²) < 4.78 is 5.35. The first-order valence-corrected chi connectivity index (χ1v) is 9.57. The Morgan fingerprint density at radius 3 is 2.58 bits per heavy atom. The van der Waals surface area contributed by atoms with Crippen LogP contribution >= 0.6 is 11.8 Å². The van der Waals surface area contributed by atoms with E-state index in [1.54, 1.807) is 18.7 Å². The van der Waals surface area contributed by atoms with Crippen LogP contribution in [-0.4, -0.2) is 52.3 Å². The Hall–Kier alpha value is -1.53. The maximum Gasteiger partial charge on any atom is 0.332 e. The zero-order valence-corrected chi connectivity index (χ0v) is 15.2. The third-order valence-corrected chi connectivity index (χ3v) is 5.22. The van der Waals surface area contributed by atoms with Crippen LogP contribution in [0.1, 0.15) is 38.2 Å². The van der Waals surface area contributed by atoms with Crippen LogP contribution < -0.4 is 0 Å². The third-order valence-electron chi connectivity index (χ3n) is 4.61. The highest BCUT2D eigenvalue weighted by Gasteiger charge is 2.60. The summed E-state index contributed by atoms with van der Waals surface area (Å²) in [4.78, 5) is 26.6. The second kappa shape index (κ2) is 8.03. The number of esters is 1. The topological polar surface area (TPSA) is 66.8 Å². The van der Waals surface area contributed by atoms with Crippen LogP contribution in [0.2, 0.25) is 0 Å². The van der Waals surface area contributed by atoms with Gasteiger partial charge >= 0.3 is 5.97 Å². The van der Waals surface area contributed by atoms with E-state index in [0.29, 0.717) is 18.6 Å². The van der Waals surface area contributed by atoms with Gasteiger partial charge in [0.1, 0.15) is 6.23 Å². The molecular formula is C18H25NO4S. The molecule has 1 amide bonds. The molecule has 0 aromatic heterocycles. The molecule has 1 heterocycles. The van der Waals surface area contributed by atoms with E-state index in [4.69, 9.17) is 4.74 Å². The quantitative estimate of drug-likeness (QED) is 0.797. The fourth-order valence-corrected chi connectivity index (χ4v) is 4.20. The number of carbonyl (C=O) groups is 2. The van der Waals surface area contributed by atoms with Crippen molar-refractivity contribution in [2.75, 3.05) is 18.6 Å². The SMILES string of the molecule is CCOC(=O)[C@]1(CCSC)C(c2ccccc2)CC(O)N1C(C)=O. The number of hydrogen-bond donors (Lipinski definition) is 1. The molecule has 132 valence electrons. The molecule has 0 bridgehead atoms. The molecule has 1 aliphatic rings. The van der Waals surface area contributed by atoms with E-state index < -0.39 is 17.7 Å². The van der Waals surface area contributed by atoms with Gasteiger partial charge in [0.15, 0.2) is 5.54 Å². The molecule has 3 atom stereocenters. The summed E-state index contributed by atoms with van der Waals surface area (Å²) in [5, 5.41) is 10.5. The van der Waals surface area contributed by atoms with Gasteiger partial charge in [-0.25, -0.2) is 4.79 Å². The van der Waals surface area contributed by atoms with Gasteiger partial charge in [0.25, 0.3) is 0 Å². The van der Waals surface area contributed by atoms with Crippen LogP contribution in [0, 0.1) is 0 Å². The summed E-state index contributed by atoms with van der Waals surface area (Å²) >= 11 is 1.61. The fourth-order valence-electron chi connectivity index (χ4n) is 3.68. The standard InChI is InChI=1S/C18H25NO4S/c1-4-23-17(22)18(10-11-24-3)15(14-8-6-5-7-9-14)12-16(21)19(18)13(2)20/h5-9,15-16,21H,4,10-12H2,1-3H3/t15?,16?,18-/m0/s1. The minimum absolute atomic E-state index is 0.239. The summed E-state index contributed by atoms with van der Waals surface area (Å²) in [5.41, 5.74) is -0.222. The highest BCUT2D eigenvalue weighted by atomic mass is 32.2. The molecule has 6 heteroatoms. The Bertz CT molecular complexity index is 580. The molecule has 1 saturated heterocycles. The molecule has 1 aromatic rings. The van der Waals surface area contributed by atoms with Crippen molar-refractivity contribution in [2.45, 2.75) is 44.4 Å². The number of aliphatic hydroxyl groups is 1. The van der Waals surface area contributed by atoms with Crippen LogP contribution in [0.4, 0.5) is 0 Å². The molecule has 0 spiro atoms. The minimum Gasteiger partial charge on any atom is -0.464 e. The van der Waals surface area contributed by atoms with Crippen molar-refractivity contribution in [3.63, 3.8) is 0 Å². The molecule has 0 saturated carbocycles. The van der Waals surface area contributed by atoms with Gasteiger partial charge in [-0.05, 0) is 30.9 Å². The second-order valence-corrected chi connectivity index (χ2v) is 6.94. The third kappa shape index (κ3) is 3.30. The average molecular weight is 351 g/mol. The van der Waals surface area contributed by atoms with Gasteiger partial charge in [-0.15, -0.1) is 0 Å². The predicted octanol–water partition coefficient (Wildman–Crippen LogP) is 2.40. The number of amides is 1. The summed E-state index contributed by atoms with van der Waals surface area (Å²) in [7, 11) is 0. The first kappa shape index (κ1) is 18.8. The summed E-state index contributed by atoms with van der Waals surface area (Å²) in [6.07, 6.45) is 1.75. The molecule has 0 aliphatic carbocycles. The van der Waals surface area contributed by atoms with Crippen molar-refractivity contribution in [3.05, 3.63) is 35.9 Å². The van der Waals surface area contributed by atoms with Crippen LogP contribution in [0.25, 0.3) is 0 Å². The van der Waals surface area contributed by atoms with Gasteiger partial charge in [0.05, 0.1) is 6.61 Å². The Morgan fingerprint density at radius 2 is 2.04 bits per heavy atom. The highest BCUT2D eigenvalue weighted by Crippen LogP contribution is 2.48. The van der Waals surface area contributed by atoms with Crippen molar-refractivity contribution in [1.29, 1.82) is 0 Å². The first-order chi connectivity index (χ1) is 11.5. The number of nitrogens with zero attached hydrogens (tertiary/aromatic N) is 1. The van der Waals surface area contributed by atoms with Crippen molar-refractivity contribution < 1.29 is 19.4 Å². The summed E-state index contributed by atoms with van der Waals surface area (Å²) in [6.45, 7) is 3.38. The van der Waals surface area contributed by atoms with Crippen LogP contribution in [0.5, 0.6) is 0 Å². The average Bonchev–Trinajstić information content (AvgIpc) is 2.87. The number of benzene rings is 1. The smallest absolute Gasteiger partial charge is 0.332 e. The predicted molar refractivity (Wildman–Crippen MR) is 94.7 cm³/mol. The van der Waals surface area contributed by atoms with Crippen molar-refractivity contribution in [2.24, 2.45) is 0 Å². The van der Waals surface area contributed by atoms with Crippen LogP contribution in [-0.2, 0) is 14.3 Å². The van der Waals surface area contributed by atoms with E-state index in [1.807, 2.05) is 36.6 Å². The molecule has 2 rings (SSSR count). The number of hydrogen-bond acceptors (Lipinski definition) is 5. The molecule has 0 radical (unpaired) electrons. The van der Waals surface area contributed by atoms with Crippen molar-refractivity contribution in [3.8, 4) is 0 Å². The molecule has 2 unspecified atom stereocenters. The highest BCUT2D eigenvalue weighted by molar-refractivity contribution is 7.98. The lowest BCUT2D eigenvalue weighted by Crippen LogP contribution is -2.58. The van der Waals surface area contributed by atoms with Gasteiger partial charge in [-0.1, -0.05) is 30.3 Å². The van der Waals surface area contributed by atoms with Crippen molar-refractivity contribution >= 4 is 23.6 Å². The Morgan fingerprint density at radius 1 is 1.38 bits per heavy atom. The van der Waals surface area contributed by atoms with Gasteiger partial charge in [0.2, 0.25) is 5.91 Å². The van der Waals surface area contributed by atoms with Gasteiger partial charge in [-0.3, -0.25) is 9.69 Å². The van der Waals surface area contributed by atoms with E-state index in [2.05, 4.69) is 0 Å². The second-order valence-electron chi connectivity index (χ2n) is 5.96. The molecule has 1 aromatic carbocycles. The maximum atomic E-state index is 13.0. The summed E-state index contributed by atoms with van der Waals surface area (Å²) in [6, 6.07) is 9.60. The first-order valence-electron chi connectivity index (χ1n) is 8.18. The Labute approximate surface area is 147 Å². The van der Waals surface area contributed by atoms with Crippen LogP contribution in [0.3, 0.4) is 0 Å². The Kier molecular flexibility index (Phi) is 6.29. The maximum absolute atomic E-state index is 13.0. The molecule has 1 aliphatic heterocycles. The number of thioether (sulfide) groups is 1. The van der Waals surface area contributed by atoms with E-state index >= 15 is 0 Å². The lowest BCUT2D eigenvalue weighted by Gasteiger charge is -2.40. The van der Waals surface area contributed by atoms with Gasteiger partial charge in [0, 0.05) is 19.3 Å². The van der Waals surface area contributed by atoms with E-state index in [0.717, 1.165) is 5.56 Å². The van der Waals surface area contributed by atoms with E-state index in [-0.39, 0.29) is 18.4 Å². The minimum atomic E-state index is -1.16. The molecular weight excluding hydrogens is 326 g/mol. The zero-order chi connectivity index (χ0) is 17.7. The lowest BCUT2D eigenvalue weighted by atomic mass is 9.77. The zero-order valence-electron chi connectivity index (χ0n) is 14.4. The van der Waals surface area contributed by atoms with E-state index in [1.165, 1.54) is 11.8 Å². The molecule has 1 N–H and O–H groups in total. The molecule has 1 fully saturated rings. The van der Waals surface area contributed by atoms with Crippen LogP contribution in [0.15, 0.2) is 30.3 Å². The summed E-state index contributed by atoms with van der Waals surface area (Å²) in [5.74, 6) is -0.336. The number of likely N-dealkylation sites (tertiary alicyclic amines) is 1. The molecule has 5 nitrogen and oxygen atoms in total. The normalized spacial score (nSPS) is 26.4. The Balaban J connectivity index is 2.57. The number of carbonyl (C=O) groups excluding carboxylic acids is 2. The number of aliphatic hydroxyl groups excluding tert-OH is 1. The van der Waals surface area contributed by atoms with Crippen molar-refractivity contribution in [1.82, 2.24) is 4.90 Å². The number of rotatable bonds is 6. The lowest BCUT2D eigenvalue weighted by molar-refractivity contribution is -0.168. The largest absolute Gasteiger partial charge is 0.464 e. The monoisotopic (exact) mass is 351 g/mol. The fraction of sp³-hybridized carbons (Fsp3) is 0.556.